The van der Waals surface area contributed by atoms with Crippen LogP contribution >= 0.6 is 0 Å². The van der Waals surface area contributed by atoms with Crippen LogP contribution in [0, 0.1) is 25.5 Å². The third-order valence-electron chi connectivity index (χ3n) is 3.20. The SMILES string of the molecule is Cc1ccc(CC(O)c2c(F)ccc(C)c2F)cc1. The maximum absolute atomic E-state index is 13.9. The number of aliphatic hydroxyl groups excluding tert-OH is 1. The second-order valence-corrected chi connectivity index (χ2v) is 4.80. The molecule has 0 amide bonds. The number of benzene rings is 2. The van der Waals surface area contributed by atoms with E-state index in [9.17, 15) is 13.9 Å². The lowest BCUT2D eigenvalue weighted by atomic mass is 9.98. The van der Waals surface area contributed by atoms with Gasteiger partial charge in [-0.1, -0.05) is 35.9 Å². The van der Waals surface area contributed by atoms with E-state index < -0.39 is 17.7 Å². The fourth-order valence-corrected chi connectivity index (χ4v) is 2.03. The Labute approximate surface area is 111 Å². The minimum absolute atomic E-state index is 0.192. The van der Waals surface area contributed by atoms with Crippen LogP contribution in [-0.2, 0) is 6.42 Å². The summed E-state index contributed by atoms with van der Waals surface area (Å²) in [7, 11) is 0. The summed E-state index contributed by atoms with van der Waals surface area (Å²) in [4.78, 5) is 0. The van der Waals surface area contributed by atoms with E-state index in [4.69, 9.17) is 0 Å². The average Bonchev–Trinajstić information content (AvgIpc) is 2.37. The molecule has 1 atom stereocenters. The van der Waals surface area contributed by atoms with Gasteiger partial charge in [0, 0.05) is 6.42 Å². The molecule has 100 valence electrons. The van der Waals surface area contributed by atoms with Crippen LogP contribution in [0.4, 0.5) is 8.78 Å². The highest BCUT2D eigenvalue weighted by molar-refractivity contribution is 5.30. The van der Waals surface area contributed by atoms with Gasteiger partial charge in [0.25, 0.3) is 0 Å². The van der Waals surface area contributed by atoms with E-state index in [1.54, 1.807) is 6.92 Å². The van der Waals surface area contributed by atoms with Crippen LogP contribution in [0.1, 0.15) is 28.4 Å². The van der Waals surface area contributed by atoms with Crippen molar-refractivity contribution in [1.29, 1.82) is 0 Å². The van der Waals surface area contributed by atoms with E-state index in [0.29, 0.717) is 5.56 Å². The predicted molar refractivity (Wildman–Crippen MR) is 70.9 cm³/mol. The van der Waals surface area contributed by atoms with E-state index in [1.807, 2.05) is 31.2 Å². The highest BCUT2D eigenvalue weighted by atomic mass is 19.1. The van der Waals surface area contributed by atoms with Crippen molar-refractivity contribution in [2.24, 2.45) is 0 Å². The van der Waals surface area contributed by atoms with Gasteiger partial charge in [0.15, 0.2) is 0 Å². The molecule has 0 radical (unpaired) electrons. The first-order valence-electron chi connectivity index (χ1n) is 6.17. The zero-order valence-corrected chi connectivity index (χ0v) is 11.0. The Bertz CT molecular complexity index is 576. The van der Waals surface area contributed by atoms with Crippen molar-refractivity contribution in [3.8, 4) is 0 Å². The Morgan fingerprint density at radius 2 is 1.63 bits per heavy atom. The smallest absolute Gasteiger partial charge is 0.134 e. The quantitative estimate of drug-likeness (QED) is 0.890. The number of aryl methyl sites for hydroxylation is 2. The first kappa shape index (κ1) is 13.7. The Balaban J connectivity index is 2.27. The van der Waals surface area contributed by atoms with E-state index >= 15 is 0 Å². The lowest BCUT2D eigenvalue weighted by Crippen LogP contribution is -2.08. The van der Waals surface area contributed by atoms with Crippen molar-refractivity contribution in [3.05, 3.63) is 70.3 Å². The van der Waals surface area contributed by atoms with Gasteiger partial charge in [0.2, 0.25) is 0 Å². The van der Waals surface area contributed by atoms with Gasteiger partial charge in [-0.2, -0.15) is 0 Å². The highest BCUT2D eigenvalue weighted by Gasteiger charge is 2.19. The highest BCUT2D eigenvalue weighted by Crippen LogP contribution is 2.26. The summed E-state index contributed by atoms with van der Waals surface area (Å²) in [6.07, 6.45) is -0.986. The van der Waals surface area contributed by atoms with Crippen LogP contribution in [0.25, 0.3) is 0 Å². The third-order valence-corrected chi connectivity index (χ3v) is 3.20. The average molecular weight is 262 g/mol. The topological polar surface area (TPSA) is 20.2 Å². The van der Waals surface area contributed by atoms with Gasteiger partial charge in [0.1, 0.15) is 11.6 Å². The number of halogens is 2. The molecule has 2 aromatic carbocycles. The van der Waals surface area contributed by atoms with Gasteiger partial charge in [0.05, 0.1) is 11.7 Å². The van der Waals surface area contributed by atoms with Crippen molar-refractivity contribution in [3.63, 3.8) is 0 Å². The first-order valence-corrected chi connectivity index (χ1v) is 6.17. The number of hydrogen-bond acceptors (Lipinski definition) is 1. The normalized spacial score (nSPS) is 12.5. The van der Waals surface area contributed by atoms with Crippen LogP contribution in [0.5, 0.6) is 0 Å². The number of rotatable bonds is 3. The van der Waals surface area contributed by atoms with Gasteiger partial charge in [-0.3, -0.25) is 0 Å². The van der Waals surface area contributed by atoms with E-state index in [2.05, 4.69) is 0 Å². The molecule has 0 fully saturated rings. The fourth-order valence-electron chi connectivity index (χ4n) is 2.03. The molecule has 0 aliphatic heterocycles. The molecule has 0 saturated carbocycles. The fraction of sp³-hybridized carbons (Fsp3) is 0.250. The van der Waals surface area contributed by atoms with Gasteiger partial charge in [-0.25, -0.2) is 8.78 Å². The molecular formula is C16H16F2O. The van der Waals surface area contributed by atoms with Crippen LogP contribution in [0.15, 0.2) is 36.4 Å². The summed E-state index contributed by atoms with van der Waals surface area (Å²) in [5.41, 5.74) is 2.03. The minimum atomic E-state index is -1.18. The monoisotopic (exact) mass is 262 g/mol. The Morgan fingerprint density at radius 1 is 1.00 bits per heavy atom. The minimum Gasteiger partial charge on any atom is -0.388 e. The zero-order chi connectivity index (χ0) is 14.0. The molecule has 2 aromatic rings. The summed E-state index contributed by atoms with van der Waals surface area (Å²) in [5, 5.41) is 10.0. The molecule has 1 N–H and O–H groups in total. The number of hydrogen-bond donors (Lipinski definition) is 1. The molecule has 0 aliphatic rings. The lowest BCUT2D eigenvalue weighted by Gasteiger charge is -2.14. The van der Waals surface area contributed by atoms with Crippen LogP contribution in [-0.4, -0.2) is 5.11 Å². The van der Waals surface area contributed by atoms with Crippen molar-refractivity contribution in [1.82, 2.24) is 0 Å². The van der Waals surface area contributed by atoms with Crippen LogP contribution in [0.2, 0.25) is 0 Å². The van der Waals surface area contributed by atoms with Crippen LogP contribution < -0.4 is 0 Å². The molecule has 0 bridgehead atoms. The second kappa shape index (κ2) is 5.49. The summed E-state index contributed by atoms with van der Waals surface area (Å²) >= 11 is 0. The number of aliphatic hydroxyl groups is 1. The lowest BCUT2D eigenvalue weighted by molar-refractivity contribution is 0.168. The molecule has 1 unspecified atom stereocenters. The summed E-state index contributed by atoms with van der Waals surface area (Å²) in [6.45, 7) is 3.51. The molecule has 1 nitrogen and oxygen atoms in total. The molecular weight excluding hydrogens is 246 g/mol. The van der Waals surface area contributed by atoms with Gasteiger partial charge >= 0.3 is 0 Å². The van der Waals surface area contributed by atoms with E-state index in [0.717, 1.165) is 11.1 Å². The predicted octanol–water partition coefficient (Wildman–Crippen LogP) is 3.86. The third kappa shape index (κ3) is 2.99. The van der Waals surface area contributed by atoms with Crippen molar-refractivity contribution < 1.29 is 13.9 Å². The Kier molecular flexibility index (Phi) is 3.96. The Morgan fingerprint density at radius 3 is 2.26 bits per heavy atom. The van der Waals surface area contributed by atoms with Gasteiger partial charge in [-0.05, 0) is 31.0 Å². The van der Waals surface area contributed by atoms with Crippen molar-refractivity contribution >= 4 is 0 Å². The molecule has 0 aromatic heterocycles. The molecule has 3 heteroatoms. The van der Waals surface area contributed by atoms with Gasteiger partial charge in [-0.15, -0.1) is 0 Å². The maximum atomic E-state index is 13.9. The molecule has 0 aliphatic carbocycles. The molecule has 0 saturated heterocycles. The molecule has 19 heavy (non-hydrogen) atoms. The summed E-state index contributed by atoms with van der Waals surface area (Å²) in [6, 6.07) is 10.1. The van der Waals surface area contributed by atoms with Crippen LogP contribution in [0.3, 0.4) is 0 Å². The van der Waals surface area contributed by atoms with Gasteiger partial charge < -0.3 is 5.11 Å². The summed E-state index contributed by atoms with van der Waals surface area (Å²) in [5.74, 6) is -1.37. The van der Waals surface area contributed by atoms with Crippen molar-refractivity contribution in [2.45, 2.75) is 26.4 Å². The van der Waals surface area contributed by atoms with E-state index in [1.165, 1.54) is 12.1 Å². The largest absolute Gasteiger partial charge is 0.388 e. The standard InChI is InChI=1S/C16H16F2O/c1-10-3-6-12(7-4-10)9-14(19)15-13(17)8-5-11(2)16(15)18/h3-8,14,19H,9H2,1-2H3. The van der Waals surface area contributed by atoms with E-state index in [-0.39, 0.29) is 12.0 Å². The second-order valence-electron chi connectivity index (χ2n) is 4.80. The zero-order valence-electron chi connectivity index (χ0n) is 11.0. The Hall–Kier alpha value is -1.74. The maximum Gasteiger partial charge on any atom is 0.134 e. The molecule has 2 rings (SSSR count). The summed E-state index contributed by atoms with van der Waals surface area (Å²) < 4.78 is 27.5. The first-order chi connectivity index (χ1) is 8.99. The molecule has 0 heterocycles. The molecule has 0 spiro atoms. The van der Waals surface area contributed by atoms with Crippen molar-refractivity contribution in [2.75, 3.05) is 0 Å².